The lowest BCUT2D eigenvalue weighted by Gasteiger charge is -2.22. The molecule has 1 N–H and O–H groups in total. The number of rotatable bonds is 4. The number of aliphatic hydroxyl groups is 1. The number of fused-ring (bicyclic) bond motifs is 1. The molecule has 1 aromatic carbocycles. The van der Waals surface area contributed by atoms with Gasteiger partial charge in [-0.3, -0.25) is 4.98 Å². The lowest BCUT2D eigenvalue weighted by molar-refractivity contribution is 0.187. The van der Waals surface area contributed by atoms with Gasteiger partial charge in [-0.15, -0.1) is 0 Å². The van der Waals surface area contributed by atoms with Gasteiger partial charge in [-0.05, 0) is 31.5 Å². The summed E-state index contributed by atoms with van der Waals surface area (Å²) in [7, 11) is 2.01. The topological polar surface area (TPSA) is 36.4 Å². The average Bonchev–Trinajstić information content (AvgIpc) is 2.35. The molecule has 19 heavy (non-hydrogen) atoms. The molecule has 3 nitrogen and oxygen atoms in total. The third-order valence-electron chi connectivity index (χ3n) is 3.03. The van der Waals surface area contributed by atoms with Crippen LogP contribution in [0.4, 0.5) is 5.69 Å². The van der Waals surface area contributed by atoms with Crippen LogP contribution in [0.2, 0.25) is 5.02 Å². The molecule has 102 valence electrons. The normalized spacial score (nSPS) is 12.7. The summed E-state index contributed by atoms with van der Waals surface area (Å²) in [5.41, 5.74) is 1.86. The van der Waals surface area contributed by atoms with Crippen LogP contribution in [0.1, 0.15) is 13.3 Å². The monoisotopic (exact) mass is 342 g/mol. The summed E-state index contributed by atoms with van der Waals surface area (Å²) in [5, 5.41) is 11.0. The van der Waals surface area contributed by atoms with E-state index in [0.29, 0.717) is 5.02 Å². The highest BCUT2D eigenvalue weighted by Gasteiger charge is 2.10. The maximum Gasteiger partial charge on any atom is 0.0909 e. The fraction of sp³-hybridized carbons (Fsp3) is 0.357. The number of hydrogen-bond acceptors (Lipinski definition) is 3. The lowest BCUT2D eigenvalue weighted by atomic mass is 10.1. The smallest absolute Gasteiger partial charge is 0.0909 e. The number of halogens is 2. The second-order valence-electron chi connectivity index (χ2n) is 4.67. The standard InChI is InChI=1S/C14H16BrClN2O/c1-9(19)4-6-18(2)13-3-5-17-14-11(13)7-10(15)8-12(14)16/h3,5,7-9,19H,4,6H2,1-2H3. The van der Waals surface area contributed by atoms with Gasteiger partial charge in [0.05, 0.1) is 16.6 Å². The first-order valence-corrected chi connectivity index (χ1v) is 7.29. The highest BCUT2D eigenvalue weighted by atomic mass is 79.9. The Balaban J connectivity index is 2.43. The third kappa shape index (κ3) is 3.38. The highest BCUT2D eigenvalue weighted by Crippen LogP contribution is 2.32. The Bertz CT molecular complexity index is 589. The number of nitrogens with zero attached hydrogens (tertiary/aromatic N) is 2. The minimum absolute atomic E-state index is 0.300. The molecule has 0 radical (unpaired) electrons. The van der Waals surface area contributed by atoms with Crippen molar-refractivity contribution in [3.8, 4) is 0 Å². The van der Waals surface area contributed by atoms with Gasteiger partial charge in [0, 0.05) is 35.3 Å². The van der Waals surface area contributed by atoms with Crippen molar-refractivity contribution in [2.75, 3.05) is 18.5 Å². The van der Waals surface area contributed by atoms with E-state index < -0.39 is 0 Å². The molecule has 5 heteroatoms. The average molecular weight is 344 g/mol. The fourth-order valence-electron chi connectivity index (χ4n) is 2.00. The fourth-order valence-corrected chi connectivity index (χ4v) is 2.86. The van der Waals surface area contributed by atoms with Crippen molar-refractivity contribution in [3.05, 3.63) is 33.9 Å². The second-order valence-corrected chi connectivity index (χ2v) is 6.00. The van der Waals surface area contributed by atoms with E-state index in [-0.39, 0.29) is 6.10 Å². The Hall–Kier alpha value is -0.840. The minimum atomic E-state index is -0.300. The number of aromatic nitrogens is 1. The molecule has 1 aromatic heterocycles. The van der Waals surface area contributed by atoms with E-state index >= 15 is 0 Å². The van der Waals surface area contributed by atoms with E-state index in [4.69, 9.17) is 11.6 Å². The van der Waals surface area contributed by atoms with Crippen molar-refractivity contribution in [3.63, 3.8) is 0 Å². The number of benzene rings is 1. The zero-order valence-corrected chi connectivity index (χ0v) is 13.2. The molecule has 0 aliphatic heterocycles. The molecule has 1 atom stereocenters. The maximum atomic E-state index is 9.38. The van der Waals surface area contributed by atoms with Gasteiger partial charge in [-0.25, -0.2) is 0 Å². The van der Waals surface area contributed by atoms with E-state index in [1.165, 1.54) is 0 Å². The molecular weight excluding hydrogens is 328 g/mol. The van der Waals surface area contributed by atoms with E-state index in [0.717, 1.165) is 34.0 Å². The zero-order chi connectivity index (χ0) is 14.0. The number of pyridine rings is 1. The van der Waals surface area contributed by atoms with Crippen LogP contribution in [0, 0.1) is 0 Å². The molecule has 0 aliphatic rings. The van der Waals surface area contributed by atoms with Crippen molar-refractivity contribution < 1.29 is 5.11 Å². The first-order chi connectivity index (χ1) is 8.99. The van der Waals surface area contributed by atoms with Gasteiger partial charge in [0.2, 0.25) is 0 Å². The van der Waals surface area contributed by atoms with Gasteiger partial charge in [0.15, 0.2) is 0 Å². The summed E-state index contributed by atoms with van der Waals surface area (Å²) in [6.45, 7) is 2.58. The quantitative estimate of drug-likeness (QED) is 0.916. The van der Waals surface area contributed by atoms with Gasteiger partial charge in [-0.1, -0.05) is 27.5 Å². The van der Waals surface area contributed by atoms with E-state index in [9.17, 15) is 5.11 Å². The molecule has 0 spiro atoms. The van der Waals surface area contributed by atoms with Crippen molar-refractivity contribution >= 4 is 44.1 Å². The summed E-state index contributed by atoms with van der Waals surface area (Å²) in [4.78, 5) is 6.44. The van der Waals surface area contributed by atoms with Crippen molar-refractivity contribution in [1.29, 1.82) is 0 Å². The molecule has 0 aliphatic carbocycles. The summed E-state index contributed by atoms with van der Waals surface area (Å²) in [5.74, 6) is 0. The molecular formula is C14H16BrClN2O. The van der Waals surface area contributed by atoms with Gasteiger partial charge >= 0.3 is 0 Å². The van der Waals surface area contributed by atoms with Crippen LogP contribution in [0.25, 0.3) is 10.9 Å². The number of hydrogen-bond donors (Lipinski definition) is 1. The maximum absolute atomic E-state index is 9.38. The summed E-state index contributed by atoms with van der Waals surface area (Å²) >= 11 is 9.67. The lowest BCUT2D eigenvalue weighted by Crippen LogP contribution is -2.22. The van der Waals surface area contributed by atoms with E-state index in [2.05, 4.69) is 25.8 Å². The van der Waals surface area contributed by atoms with Gasteiger partial charge < -0.3 is 10.0 Å². The SMILES string of the molecule is CC(O)CCN(C)c1ccnc2c(Cl)cc(Br)cc12. The number of aliphatic hydroxyl groups excluding tert-OH is 1. The Labute approximate surface area is 126 Å². The third-order valence-corrected chi connectivity index (χ3v) is 3.78. The zero-order valence-electron chi connectivity index (χ0n) is 10.9. The van der Waals surface area contributed by atoms with Crippen molar-refractivity contribution in [2.45, 2.75) is 19.4 Å². The van der Waals surface area contributed by atoms with Crippen molar-refractivity contribution in [2.24, 2.45) is 0 Å². The molecule has 0 saturated heterocycles. The Morgan fingerprint density at radius 3 is 2.89 bits per heavy atom. The largest absolute Gasteiger partial charge is 0.393 e. The van der Waals surface area contributed by atoms with Crippen LogP contribution in [0.15, 0.2) is 28.9 Å². The first kappa shape index (κ1) is 14.6. The van der Waals surface area contributed by atoms with Crippen LogP contribution in [0.3, 0.4) is 0 Å². The van der Waals surface area contributed by atoms with E-state index in [1.54, 1.807) is 13.1 Å². The van der Waals surface area contributed by atoms with Crippen molar-refractivity contribution in [1.82, 2.24) is 4.98 Å². The summed E-state index contributed by atoms with van der Waals surface area (Å²) in [6, 6.07) is 5.83. The van der Waals surface area contributed by atoms with Crippen LogP contribution < -0.4 is 4.90 Å². The molecule has 2 aromatic rings. The Kier molecular flexibility index (Phi) is 4.66. The van der Waals surface area contributed by atoms with Crippen LogP contribution in [0.5, 0.6) is 0 Å². The van der Waals surface area contributed by atoms with E-state index in [1.807, 2.05) is 25.2 Å². The summed E-state index contributed by atoms with van der Waals surface area (Å²) < 4.78 is 0.933. The van der Waals surface area contributed by atoms with Gasteiger partial charge in [0.25, 0.3) is 0 Å². The van der Waals surface area contributed by atoms with Gasteiger partial charge in [0.1, 0.15) is 0 Å². The molecule has 1 heterocycles. The van der Waals surface area contributed by atoms with Crippen LogP contribution >= 0.6 is 27.5 Å². The Morgan fingerprint density at radius 2 is 2.21 bits per heavy atom. The first-order valence-electron chi connectivity index (χ1n) is 6.12. The highest BCUT2D eigenvalue weighted by molar-refractivity contribution is 9.10. The predicted molar refractivity (Wildman–Crippen MR) is 84.0 cm³/mol. The molecule has 2 rings (SSSR count). The molecule has 0 saturated carbocycles. The van der Waals surface area contributed by atoms with Gasteiger partial charge in [-0.2, -0.15) is 0 Å². The van der Waals surface area contributed by atoms with Crippen LogP contribution in [-0.2, 0) is 0 Å². The molecule has 0 amide bonds. The molecule has 0 bridgehead atoms. The molecule has 0 fully saturated rings. The second kappa shape index (κ2) is 6.07. The minimum Gasteiger partial charge on any atom is -0.393 e. The molecule has 1 unspecified atom stereocenters. The van der Waals surface area contributed by atoms with Crippen LogP contribution in [-0.4, -0.2) is 29.8 Å². The predicted octanol–water partition coefficient (Wildman–Crippen LogP) is 3.86. The Morgan fingerprint density at radius 1 is 1.47 bits per heavy atom. The number of anilines is 1. The summed E-state index contributed by atoms with van der Waals surface area (Å²) in [6.07, 6.45) is 2.18.